The number of amides is 1. The van der Waals surface area contributed by atoms with Crippen LogP contribution in [0.5, 0.6) is 0 Å². The molecule has 0 bridgehead atoms. The highest BCUT2D eigenvalue weighted by Gasteiger charge is 2.12. The Morgan fingerprint density at radius 2 is 2.00 bits per heavy atom. The van der Waals surface area contributed by atoms with Gasteiger partial charge in [0.25, 0.3) is 5.91 Å². The van der Waals surface area contributed by atoms with E-state index < -0.39 is 0 Å². The molecule has 2 aromatic rings. The molecule has 1 heterocycles. The number of nitrogen functional groups attached to an aromatic ring is 1. The number of benzene rings is 1. The first-order chi connectivity index (χ1) is 9.65. The topological polar surface area (TPSA) is 80.0 Å². The number of aromatic nitrogens is 1. The number of hydrazine groups is 1. The minimum absolute atomic E-state index is 0.244. The van der Waals surface area contributed by atoms with E-state index in [1.54, 1.807) is 18.2 Å². The average Bonchev–Trinajstić information content (AvgIpc) is 2.49. The summed E-state index contributed by atoms with van der Waals surface area (Å²) in [5, 5.41) is 2.93. The van der Waals surface area contributed by atoms with Crippen LogP contribution in [0.15, 0.2) is 36.4 Å². The number of hydrogen-bond donors (Lipinski definition) is 3. The third-order valence-electron chi connectivity index (χ3n) is 3.11. The smallest absolute Gasteiger partial charge is 0.274 e. The average molecular weight is 270 g/mol. The highest BCUT2D eigenvalue weighted by atomic mass is 16.1. The molecule has 1 aromatic carbocycles. The van der Waals surface area contributed by atoms with Gasteiger partial charge in [-0.1, -0.05) is 31.2 Å². The second-order valence-corrected chi connectivity index (χ2v) is 4.47. The monoisotopic (exact) mass is 270 g/mol. The van der Waals surface area contributed by atoms with Gasteiger partial charge in [0.05, 0.1) is 0 Å². The van der Waals surface area contributed by atoms with Gasteiger partial charge >= 0.3 is 0 Å². The Hall–Kier alpha value is -2.40. The number of nitrogens with two attached hydrogens (primary N) is 1. The summed E-state index contributed by atoms with van der Waals surface area (Å²) in [4.78, 5) is 16.4. The standard InChI is InChI=1S/C15H18N4O/c1-3-11-7-4-6-10(2)14(11)18-15(20)12-8-5-9-13(17-12)19-16/h4-9H,3,16H2,1-2H3,(H,17,19)(H,18,20). The lowest BCUT2D eigenvalue weighted by molar-refractivity contribution is 0.102. The van der Waals surface area contributed by atoms with Crippen LogP contribution in [0.2, 0.25) is 0 Å². The highest BCUT2D eigenvalue weighted by Crippen LogP contribution is 2.21. The van der Waals surface area contributed by atoms with Crippen molar-refractivity contribution in [2.24, 2.45) is 5.84 Å². The molecule has 1 amide bonds. The normalized spacial score (nSPS) is 10.2. The van der Waals surface area contributed by atoms with Crippen molar-refractivity contribution in [1.29, 1.82) is 0 Å². The first-order valence-corrected chi connectivity index (χ1v) is 6.49. The molecule has 104 valence electrons. The number of anilines is 2. The molecule has 5 nitrogen and oxygen atoms in total. The van der Waals surface area contributed by atoms with Crippen LogP contribution in [0.25, 0.3) is 0 Å². The number of pyridine rings is 1. The number of hydrogen-bond acceptors (Lipinski definition) is 4. The van der Waals surface area contributed by atoms with Crippen molar-refractivity contribution in [3.05, 3.63) is 53.2 Å². The van der Waals surface area contributed by atoms with Crippen molar-refractivity contribution < 1.29 is 4.79 Å². The predicted molar refractivity (Wildman–Crippen MR) is 80.6 cm³/mol. The highest BCUT2D eigenvalue weighted by molar-refractivity contribution is 6.03. The van der Waals surface area contributed by atoms with Gasteiger partial charge in [-0.15, -0.1) is 0 Å². The van der Waals surface area contributed by atoms with Crippen LogP contribution >= 0.6 is 0 Å². The van der Waals surface area contributed by atoms with Crippen LogP contribution in [0.1, 0.15) is 28.5 Å². The fourth-order valence-corrected chi connectivity index (χ4v) is 2.02. The summed E-state index contributed by atoms with van der Waals surface area (Å²) in [6, 6.07) is 11.0. The van der Waals surface area contributed by atoms with E-state index in [4.69, 9.17) is 5.84 Å². The summed E-state index contributed by atoms with van der Waals surface area (Å²) in [6.07, 6.45) is 0.856. The quantitative estimate of drug-likeness (QED) is 0.589. The maximum absolute atomic E-state index is 12.3. The Balaban J connectivity index is 2.27. The lowest BCUT2D eigenvalue weighted by Crippen LogP contribution is -2.17. The molecular formula is C15H18N4O. The molecule has 4 N–H and O–H groups in total. The largest absolute Gasteiger partial charge is 0.320 e. The van der Waals surface area contributed by atoms with Crippen molar-refractivity contribution in [3.8, 4) is 0 Å². The van der Waals surface area contributed by atoms with Crippen molar-refractivity contribution in [1.82, 2.24) is 4.98 Å². The Morgan fingerprint density at radius 1 is 1.25 bits per heavy atom. The van der Waals surface area contributed by atoms with Gasteiger partial charge in [0.2, 0.25) is 0 Å². The molecule has 0 fully saturated rings. The molecule has 0 atom stereocenters. The van der Waals surface area contributed by atoms with E-state index in [9.17, 15) is 4.79 Å². The van der Waals surface area contributed by atoms with Gasteiger partial charge in [0.1, 0.15) is 11.5 Å². The molecular weight excluding hydrogens is 252 g/mol. The third kappa shape index (κ3) is 2.95. The maximum atomic E-state index is 12.3. The number of para-hydroxylation sites is 1. The van der Waals surface area contributed by atoms with Gasteiger partial charge in [-0.05, 0) is 36.6 Å². The molecule has 0 aliphatic heterocycles. The van der Waals surface area contributed by atoms with E-state index in [1.807, 2.05) is 25.1 Å². The van der Waals surface area contributed by atoms with Crippen molar-refractivity contribution in [3.63, 3.8) is 0 Å². The summed E-state index contributed by atoms with van der Waals surface area (Å²) in [5.74, 6) is 5.51. The summed E-state index contributed by atoms with van der Waals surface area (Å²) >= 11 is 0. The number of carbonyl (C=O) groups excluding carboxylic acids is 1. The molecule has 5 heteroatoms. The number of carbonyl (C=O) groups is 1. The maximum Gasteiger partial charge on any atom is 0.274 e. The summed E-state index contributed by atoms with van der Waals surface area (Å²) in [6.45, 7) is 4.03. The zero-order valence-electron chi connectivity index (χ0n) is 11.6. The molecule has 2 rings (SSSR count). The summed E-state index contributed by atoms with van der Waals surface area (Å²) < 4.78 is 0. The van der Waals surface area contributed by atoms with Crippen LogP contribution in [-0.4, -0.2) is 10.9 Å². The van der Waals surface area contributed by atoms with Crippen LogP contribution in [-0.2, 0) is 6.42 Å². The number of rotatable bonds is 4. The molecule has 0 spiro atoms. The van der Waals surface area contributed by atoms with E-state index in [-0.39, 0.29) is 5.91 Å². The van der Waals surface area contributed by atoms with Crippen molar-refractivity contribution >= 4 is 17.4 Å². The van der Waals surface area contributed by atoms with Crippen LogP contribution in [0.3, 0.4) is 0 Å². The number of aryl methyl sites for hydroxylation is 2. The van der Waals surface area contributed by atoms with Crippen LogP contribution in [0.4, 0.5) is 11.5 Å². The zero-order chi connectivity index (χ0) is 14.5. The Kier molecular flexibility index (Phi) is 4.32. The number of nitrogens with zero attached hydrogens (tertiary/aromatic N) is 1. The fourth-order valence-electron chi connectivity index (χ4n) is 2.02. The molecule has 0 saturated heterocycles. The van der Waals surface area contributed by atoms with Gasteiger partial charge in [-0.2, -0.15) is 0 Å². The van der Waals surface area contributed by atoms with E-state index in [2.05, 4.69) is 22.7 Å². The minimum Gasteiger partial charge on any atom is -0.320 e. The SMILES string of the molecule is CCc1cccc(C)c1NC(=O)c1cccc(NN)n1. The van der Waals surface area contributed by atoms with Crippen LogP contribution in [0, 0.1) is 6.92 Å². The second kappa shape index (κ2) is 6.16. The van der Waals surface area contributed by atoms with E-state index >= 15 is 0 Å². The molecule has 0 aliphatic carbocycles. The Bertz CT molecular complexity index is 625. The molecule has 0 saturated carbocycles. The van der Waals surface area contributed by atoms with E-state index in [1.165, 1.54) is 0 Å². The van der Waals surface area contributed by atoms with Gasteiger partial charge in [-0.25, -0.2) is 10.8 Å². The van der Waals surface area contributed by atoms with Gasteiger partial charge in [0.15, 0.2) is 0 Å². The third-order valence-corrected chi connectivity index (χ3v) is 3.11. The predicted octanol–water partition coefficient (Wildman–Crippen LogP) is 2.49. The fraction of sp³-hybridized carbons (Fsp3) is 0.200. The van der Waals surface area contributed by atoms with Crippen molar-refractivity contribution in [2.45, 2.75) is 20.3 Å². The first kappa shape index (κ1) is 14.0. The van der Waals surface area contributed by atoms with E-state index in [0.29, 0.717) is 11.5 Å². The molecule has 1 aromatic heterocycles. The molecule has 0 unspecified atom stereocenters. The lowest BCUT2D eigenvalue weighted by atomic mass is 10.1. The summed E-state index contributed by atoms with van der Waals surface area (Å²) in [7, 11) is 0. The van der Waals surface area contributed by atoms with Crippen molar-refractivity contribution in [2.75, 3.05) is 10.7 Å². The zero-order valence-corrected chi connectivity index (χ0v) is 11.6. The van der Waals surface area contributed by atoms with Crippen LogP contribution < -0.4 is 16.6 Å². The minimum atomic E-state index is -0.244. The van der Waals surface area contributed by atoms with E-state index in [0.717, 1.165) is 23.2 Å². The van der Waals surface area contributed by atoms with Gasteiger partial charge < -0.3 is 10.7 Å². The Morgan fingerprint density at radius 3 is 2.70 bits per heavy atom. The number of nitrogens with one attached hydrogen (secondary N) is 2. The van der Waals surface area contributed by atoms with Gasteiger partial charge in [-0.3, -0.25) is 4.79 Å². The molecule has 0 radical (unpaired) electrons. The molecule has 20 heavy (non-hydrogen) atoms. The first-order valence-electron chi connectivity index (χ1n) is 6.49. The van der Waals surface area contributed by atoms with Gasteiger partial charge in [0, 0.05) is 5.69 Å². The summed E-state index contributed by atoms with van der Waals surface area (Å²) in [5.41, 5.74) is 5.74. The molecule has 0 aliphatic rings. The lowest BCUT2D eigenvalue weighted by Gasteiger charge is -2.13. The second-order valence-electron chi connectivity index (χ2n) is 4.47. The Labute approximate surface area is 118 Å².